The first-order chi connectivity index (χ1) is 7.95. The lowest BCUT2D eigenvalue weighted by Gasteiger charge is -2.12. The van der Waals surface area contributed by atoms with Gasteiger partial charge in [-0.25, -0.2) is 0 Å². The topological polar surface area (TPSA) is 108 Å². The van der Waals surface area contributed by atoms with Crippen molar-refractivity contribution in [3.8, 4) is 5.75 Å². The Morgan fingerprint density at radius 1 is 1.53 bits per heavy atom. The molecule has 6 heteroatoms. The maximum absolute atomic E-state index is 11.8. The van der Waals surface area contributed by atoms with E-state index >= 15 is 0 Å². The number of amidine groups is 1. The summed E-state index contributed by atoms with van der Waals surface area (Å²) >= 11 is 0. The first kappa shape index (κ1) is 12.8. The van der Waals surface area contributed by atoms with Crippen molar-refractivity contribution < 1.29 is 15.1 Å². The van der Waals surface area contributed by atoms with Crippen molar-refractivity contribution in [1.29, 1.82) is 0 Å². The highest BCUT2D eigenvalue weighted by molar-refractivity contribution is 5.98. The van der Waals surface area contributed by atoms with Gasteiger partial charge in [-0.2, -0.15) is 0 Å². The Morgan fingerprint density at radius 3 is 2.71 bits per heavy atom. The van der Waals surface area contributed by atoms with Crippen LogP contribution in [0.1, 0.15) is 22.8 Å². The normalized spacial score (nSPS) is 13.2. The first-order valence-corrected chi connectivity index (χ1v) is 5.03. The lowest BCUT2D eigenvalue weighted by molar-refractivity contribution is 0.0948. The number of nitrogens with two attached hydrogens (primary N) is 1. The highest BCUT2D eigenvalue weighted by atomic mass is 16.4. The molecule has 0 bridgehead atoms. The number of hydrogen-bond acceptors (Lipinski definition) is 4. The minimum Gasteiger partial charge on any atom is -0.508 e. The standard InChI is InChI=1S/C11H15N3O3/c1-6-5-8(3-4-9(6)15)11(16)13-7(2)10(12)14-17/h3-5,7,15,17H,1-2H3,(H2,12,14)(H,13,16). The quantitative estimate of drug-likeness (QED) is 0.266. The number of nitrogens with one attached hydrogen (secondary N) is 1. The van der Waals surface area contributed by atoms with E-state index in [1.165, 1.54) is 12.1 Å². The van der Waals surface area contributed by atoms with Crippen molar-refractivity contribution in [3.05, 3.63) is 29.3 Å². The summed E-state index contributed by atoms with van der Waals surface area (Å²) in [4.78, 5) is 11.8. The van der Waals surface area contributed by atoms with Gasteiger partial charge in [0.05, 0.1) is 6.04 Å². The fourth-order valence-corrected chi connectivity index (χ4v) is 1.24. The van der Waals surface area contributed by atoms with Crippen LogP contribution in [-0.4, -0.2) is 28.1 Å². The number of aryl methyl sites for hydroxylation is 1. The summed E-state index contributed by atoms with van der Waals surface area (Å²) in [6.45, 7) is 3.29. The zero-order chi connectivity index (χ0) is 13.0. The van der Waals surface area contributed by atoms with Gasteiger partial charge >= 0.3 is 0 Å². The molecule has 1 aromatic carbocycles. The average molecular weight is 237 g/mol. The number of carbonyl (C=O) groups excluding carboxylic acids is 1. The van der Waals surface area contributed by atoms with Crippen LogP contribution in [0.3, 0.4) is 0 Å². The summed E-state index contributed by atoms with van der Waals surface area (Å²) in [5.74, 6) is -0.299. The lowest BCUT2D eigenvalue weighted by atomic mass is 10.1. The van der Waals surface area contributed by atoms with Crippen LogP contribution in [0.2, 0.25) is 0 Å². The molecule has 92 valence electrons. The van der Waals surface area contributed by atoms with E-state index in [1.54, 1.807) is 19.9 Å². The minimum absolute atomic E-state index is 0.0751. The summed E-state index contributed by atoms with van der Waals surface area (Å²) in [5.41, 5.74) is 6.35. The van der Waals surface area contributed by atoms with Crippen molar-refractivity contribution >= 4 is 11.7 Å². The summed E-state index contributed by atoms with van der Waals surface area (Å²) in [7, 11) is 0. The highest BCUT2D eigenvalue weighted by Gasteiger charge is 2.13. The zero-order valence-electron chi connectivity index (χ0n) is 9.64. The third-order valence-corrected chi connectivity index (χ3v) is 2.37. The number of benzene rings is 1. The molecule has 1 aromatic rings. The first-order valence-electron chi connectivity index (χ1n) is 5.03. The van der Waals surface area contributed by atoms with E-state index in [0.717, 1.165) is 0 Å². The van der Waals surface area contributed by atoms with Crippen LogP contribution in [0.4, 0.5) is 0 Å². The number of phenols is 1. The minimum atomic E-state index is -0.568. The van der Waals surface area contributed by atoms with Gasteiger partial charge in [0.2, 0.25) is 0 Å². The van der Waals surface area contributed by atoms with Crippen molar-refractivity contribution in [3.63, 3.8) is 0 Å². The number of phenolic OH excluding ortho intramolecular Hbond substituents is 1. The van der Waals surface area contributed by atoms with Crippen LogP contribution < -0.4 is 11.1 Å². The molecule has 1 amide bonds. The molecule has 0 spiro atoms. The maximum atomic E-state index is 11.8. The number of nitrogens with zero attached hydrogens (tertiary/aromatic N) is 1. The summed E-state index contributed by atoms with van der Waals surface area (Å²) in [6, 6.07) is 3.93. The van der Waals surface area contributed by atoms with E-state index in [9.17, 15) is 9.90 Å². The summed E-state index contributed by atoms with van der Waals surface area (Å²) in [6.07, 6.45) is 0. The van der Waals surface area contributed by atoms with Gasteiger partial charge in [-0.15, -0.1) is 0 Å². The predicted molar refractivity (Wildman–Crippen MR) is 63.2 cm³/mol. The molecule has 1 unspecified atom stereocenters. The molecule has 1 rings (SSSR count). The molecule has 0 saturated carbocycles. The number of aromatic hydroxyl groups is 1. The second kappa shape index (κ2) is 5.20. The molecule has 0 aliphatic heterocycles. The van der Waals surface area contributed by atoms with Gasteiger partial charge < -0.3 is 21.4 Å². The third-order valence-electron chi connectivity index (χ3n) is 2.37. The predicted octanol–water partition coefficient (Wildman–Crippen LogP) is 0.565. The van der Waals surface area contributed by atoms with Crippen LogP contribution >= 0.6 is 0 Å². The molecule has 0 saturated heterocycles. The van der Waals surface area contributed by atoms with Crippen molar-refractivity contribution in [1.82, 2.24) is 5.32 Å². The molecular formula is C11H15N3O3. The van der Waals surface area contributed by atoms with Gasteiger partial charge in [-0.3, -0.25) is 4.79 Å². The van der Waals surface area contributed by atoms with E-state index in [4.69, 9.17) is 10.9 Å². The van der Waals surface area contributed by atoms with Gasteiger partial charge in [0.15, 0.2) is 5.84 Å². The molecule has 5 N–H and O–H groups in total. The van der Waals surface area contributed by atoms with Crippen molar-refractivity contribution in [2.75, 3.05) is 0 Å². The largest absolute Gasteiger partial charge is 0.508 e. The number of oxime groups is 1. The Kier molecular flexibility index (Phi) is 3.92. The van der Waals surface area contributed by atoms with Crippen molar-refractivity contribution in [2.24, 2.45) is 10.9 Å². The van der Waals surface area contributed by atoms with Crippen LogP contribution in [0, 0.1) is 6.92 Å². The molecule has 0 aromatic heterocycles. The summed E-state index contributed by atoms with van der Waals surface area (Å²) in [5, 5.41) is 23.1. The lowest BCUT2D eigenvalue weighted by Crippen LogP contribution is -2.42. The van der Waals surface area contributed by atoms with E-state index in [2.05, 4.69) is 10.5 Å². The van der Waals surface area contributed by atoms with Gasteiger partial charge in [-0.1, -0.05) is 5.16 Å². The monoisotopic (exact) mass is 237 g/mol. The molecule has 17 heavy (non-hydrogen) atoms. The van der Waals surface area contributed by atoms with Gasteiger partial charge in [0.25, 0.3) is 5.91 Å². The Labute approximate surface area is 98.7 Å². The number of carbonyl (C=O) groups is 1. The number of hydrogen-bond donors (Lipinski definition) is 4. The molecular weight excluding hydrogens is 222 g/mol. The highest BCUT2D eigenvalue weighted by Crippen LogP contribution is 2.16. The second-order valence-corrected chi connectivity index (χ2v) is 3.72. The Hall–Kier alpha value is -2.24. The van der Waals surface area contributed by atoms with E-state index < -0.39 is 6.04 Å². The van der Waals surface area contributed by atoms with Crippen LogP contribution in [0.5, 0.6) is 5.75 Å². The maximum Gasteiger partial charge on any atom is 0.251 e. The van der Waals surface area contributed by atoms with Gasteiger partial charge in [0, 0.05) is 5.56 Å². The van der Waals surface area contributed by atoms with E-state index in [0.29, 0.717) is 11.1 Å². The number of amides is 1. The fourth-order valence-electron chi connectivity index (χ4n) is 1.24. The SMILES string of the molecule is Cc1cc(C(=O)NC(C)/C(N)=N/O)ccc1O. The summed E-state index contributed by atoms with van der Waals surface area (Å²) < 4.78 is 0. The molecule has 0 fully saturated rings. The van der Waals surface area contributed by atoms with Crippen molar-refractivity contribution in [2.45, 2.75) is 19.9 Å². The third kappa shape index (κ3) is 3.10. The molecule has 6 nitrogen and oxygen atoms in total. The van der Waals surface area contributed by atoms with E-state index in [1.807, 2.05) is 0 Å². The Morgan fingerprint density at radius 2 is 2.18 bits per heavy atom. The smallest absolute Gasteiger partial charge is 0.251 e. The zero-order valence-corrected chi connectivity index (χ0v) is 9.64. The molecule has 0 aliphatic carbocycles. The molecule has 0 radical (unpaired) electrons. The molecule has 0 heterocycles. The average Bonchev–Trinajstić information content (AvgIpc) is 2.31. The van der Waals surface area contributed by atoms with E-state index in [-0.39, 0.29) is 17.5 Å². The number of rotatable bonds is 3. The van der Waals surface area contributed by atoms with Gasteiger partial charge in [0.1, 0.15) is 5.75 Å². The molecule has 1 atom stereocenters. The van der Waals surface area contributed by atoms with Gasteiger partial charge in [-0.05, 0) is 37.6 Å². The Bertz CT molecular complexity index is 457. The second-order valence-electron chi connectivity index (χ2n) is 3.72. The molecule has 0 aliphatic rings. The van der Waals surface area contributed by atoms with Crippen LogP contribution in [0.15, 0.2) is 23.4 Å². The van der Waals surface area contributed by atoms with Crippen LogP contribution in [0.25, 0.3) is 0 Å². The fraction of sp³-hybridized carbons (Fsp3) is 0.273. The van der Waals surface area contributed by atoms with Crippen LogP contribution in [-0.2, 0) is 0 Å². The Balaban J connectivity index is 2.80.